The van der Waals surface area contributed by atoms with Crippen LogP contribution in [0.5, 0.6) is 11.5 Å². The highest BCUT2D eigenvalue weighted by atomic mass is 16.5. The first-order valence-corrected chi connectivity index (χ1v) is 6.41. The molecule has 0 unspecified atom stereocenters. The van der Waals surface area contributed by atoms with E-state index in [-0.39, 0.29) is 12.0 Å². The first-order chi connectivity index (χ1) is 9.04. The molecule has 19 heavy (non-hydrogen) atoms. The van der Waals surface area contributed by atoms with Crippen LogP contribution < -0.4 is 14.8 Å². The molecule has 0 saturated heterocycles. The molecule has 0 fully saturated rings. The molecule has 0 atom stereocenters. The van der Waals surface area contributed by atoms with Crippen LogP contribution >= 0.6 is 0 Å². The Hall–Kier alpha value is -1.33. The Balaban J connectivity index is 2.63. The first kappa shape index (κ1) is 15.7. The molecule has 1 aromatic rings. The van der Waals surface area contributed by atoms with Crippen LogP contribution in [-0.4, -0.2) is 37.5 Å². The van der Waals surface area contributed by atoms with E-state index in [2.05, 4.69) is 24.1 Å². The van der Waals surface area contributed by atoms with Crippen molar-refractivity contribution >= 4 is 0 Å². The second-order valence-electron chi connectivity index (χ2n) is 5.23. The zero-order chi connectivity index (χ0) is 14.3. The third-order valence-electron chi connectivity index (χ3n) is 3.05. The molecule has 0 radical (unpaired) electrons. The minimum Gasteiger partial charge on any atom is -0.493 e. The molecule has 0 spiro atoms. The molecular weight excluding hydrogens is 244 g/mol. The summed E-state index contributed by atoms with van der Waals surface area (Å²) >= 11 is 0. The largest absolute Gasteiger partial charge is 0.493 e. The Labute approximate surface area is 115 Å². The molecule has 108 valence electrons. The van der Waals surface area contributed by atoms with Crippen molar-refractivity contribution in [2.24, 2.45) is 5.41 Å². The van der Waals surface area contributed by atoms with Crippen molar-refractivity contribution in [3.8, 4) is 11.5 Å². The normalized spacial score (nSPS) is 11.4. The highest BCUT2D eigenvalue weighted by Gasteiger charge is 2.17. The van der Waals surface area contributed by atoms with Crippen molar-refractivity contribution in [2.45, 2.75) is 26.8 Å². The summed E-state index contributed by atoms with van der Waals surface area (Å²) in [6.07, 6.45) is 2.47. The number of ether oxygens (including phenoxy) is 2. The van der Waals surface area contributed by atoms with Gasteiger partial charge in [-0.1, -0.05) is 13.8 Å². The van der Waals surface area contributed by atoms with Gasteiger partial charge in [0.25, 0.3) is 0 Å². The lowest BCUT2D eigenvalue weighted by Crippen LogP contribution is -2.30. The second-order valence-corrected chi connectivity index (χ2v) is 5.23. The Bertz CT molecular complexity index is 394. The quantitative estimate of drug-likeness (QED) is 0.750. The number of nitrogens with one attached hydrogen (secondary N) is 1. The predicted octanol–water partition coefficient (Wildman–Crippen LogP) is 1.60. The van der Waals surface area contributed by atoms with Crippen molar-refractivity contribution in [3.63, 3.8) is 0 Å². The van der Waals surface area contributed by atoms with E-state index in [1.54, 1.807) is 26.5 Å². The van der Waals surface area contributed by atoms with Crippen LogP contribution in [0.15, 0.2) is 12.3 Å². The molecule has 0 aromatic carbocycles. The molecule has 2 N–H and O–H groups in total. The van der Waals surface area contributed by atoms with Gasteiger partial charge in [-0.25, -0.2) is 0 Å². The molecule has 0 bridgehead atoms. The molecule has 0 amide bonds. The highest BCUT2D eigenvalue weighted by molar-refractivity contribution is 5.42. The number of nitrogens with zero attached hydrogens (tertiary/aromatic N) is 1. The number of aliphatic hydroxyl groups excluding tert-OH is 1. The molecular formula is C14H24N2O3. The Morgan fingerprint density at radius 2 is 2.05 bits per heavy atom. The summed E-state index contributed by atoms with van der Waals surface area (Å²) in [7, 11) is 3.22. The Morgan fingerprint density at radius 1 is 1.32 bits per heavy atom. The fourth-order valence-electron chi connectivity index (χ4n) is 1.89. The van der Waals surface area contributed by atoms with Gasteiger partial charge in [0.15, 0.2) is 11.5 Å². The number of hydrogen-bond donors (Lipinski definition) is 2. The molecule has 1 rings (SSSR count). The molecule has 0 aliphatic heterocycles. The zero-order valence-electron chi connectivity index (χ0n) is 12.2. The monoisotopic (exact) mass is 268 g/mol. The summed E-state index contributed by atoms with van der Waals surface area (Å²) < 4.78 is 10.6. The van der Waals surface area contributed by atoms with Crippen LogP contribution in [0.2, 0.25) is 0 Å². The fraction of sp³-hybridized carbons (Fsp3) is 0.643. The van der Waals surface area contributed by atoms with E-state index < -0.39 is 0 Å². The Morgan fingerprint density at radius 3 is 2.63 bits per heavy atom. The van der Waals surface area contributed by atoms with Crippen LogP contribution in [0.25, 0.3) is 0 Å². The average molecular weight is 268 g/mol. The van der Waals surface area contributed by atoms with Gasteiger partial charge in [-0.3, -0.25) is 4.98 Å². The van der Waals surface area contributed by atoms with Crippen molar-refractivity contribution in [1.29, 1.82) is 0 Å². The van der Waals surface area contributed by atoms with E-state index in [9.17, 15) is 0 Å². The van der Waals surface area contributed by atoms with Crippen LogP contribution in [0.4, 0.5) is 0 Å². The van der Waals surface area contributed by atoms with E-state index in [1.165, 1.54) is 0 Å². The van der Waals surface area contributed by atoms with Crippen molar-refractivity contribution in [1.82, 2.24) is 10.3 Å². The SMILES string of the molecule is COc1ccnc(CNCC(C)(C)CCO)c1OC. The standard InChI is InChI=1S/C14H24N2O3/c1-14(2,6-8-17)10-15-9-11-13(19-4)12(18-3)5-7-16-11/h5,7,15,17H,6,8-10H2,1-4H3. The minimum atomic E-state index is 0.0564. The first-order valence-electron chi connectivity index (χ1n) is 6.41. The van der Waals surface area contributed by atoms with Gasteiger partial charge in [-0.2, -0.15) is 0 Å². The van der Waals surface area contributed by atoms with Crippen molar-refractivity contribution in [2.75, 3.05) is 27.4 Å². The zero-order valence-corrected chi connectivity index (χ0v) is 12.2. The molecule has 5 heteroatoms. The average Bonchev–Trinajstić information content (AvgIpc) is 2.38. The van der Waals surface area contributed by atoms with Gasteiger partial charge in [-0.15, -0.1) is 0 Å². The minimum absolute atomic E-state index is 0.0564. The lowest BCUT2D eigenvalue weighted by molar-refractivity contribution is 0.206. The summed E-state index contributed by atoms with van der Waals surface area (Å²) in [5.74, 6) is 1.35. The van der Waals surface area contributed by atoms with Gasteiger partial charge in [-0.05, 0) is 11.8 Å². The summed E-state index contributed by atoms with van der Waals surface area (Å²) in [6, 6.07) is 1.78. The molecule has 0 saturated carbocycles. The van der Waals surface area contributed by atoms with E-state index >= 15 is 0 Å². The van der Waals surface area contributed by atoms with Gasteiger partial charge in [0.2, 0.25) is 0 Å². The summed E-state index contributed by atoms with van der Waals surface area (Å²) in [6.45, 7) is 5.85. The van der Waals surface area contributed by atoms with Gasteiger partial charge in [0, 0.05) is 32.0 Å². The van der Waals surface area contributed by atoms with E-state index in [0.717, 1.165) is 18.7 Å². The lowest BCUT2D eigenvalue weighted by atomic mass is 9.90. The Kier molecular flexibility index (Phi) is 6.05. The van der Waals surface area contributed by atoms with Crippen molar-refractivity contribution in [3.05, 3.63) is 18.0 Å². The molecule has 1 heterocycles. The summed E-state index contributed by atoms with van der Waals surface area (Å²) in [5.41, 5.74) is 0.877. The van der Waals surface area contributed by atoms with E-state index in [4.69, 9.17) is 14.6 Å². The number of aromatic nitrogens is 1. The van der Waals surface area contributed by atoms with Crippen LogP contribution in [0, 0.1) is 5.41 Å². The lowest BCUT2D eigenvalue weighted by Gasteiger charge is -2.24. The maximum Gasteiger partial charge on any atom is 0.183 e. The topological polar surface area (TPSA) is 63.6 Å². The highest BCUT2D eigenvalue weighted by Crippen LogP contribution is 2.29. The molecule has 0 aliphatic rings. The second kappa shape index (κ2) is 7.31. The maximum atomic E-state index is 8.99. The summed E-state index contributed by atoms with van der Waals surface area (Å²) in [4.78, 5) is 4.31. The fourth-order valence-corrected chi connectivity index (χ4v) is 1.89. The van der Waals surface area contributed by atoms with Gasteiger partial charge < -0.3 is 19.9 Å². The number of rotatable bonds is 8. The van der Waals surface area contributed by atoms with Crippen LogP contribution in [-0.2, 0) is 6.54 Å². The van der Waals surface area contributed by atoms with Crippen LogP contribution in [0.1, 0.15) is 26.0 Å². The van der Waals surface area contributed by atoms with Crippen molar-refractivity contribution < 1.29 is 14.6 Å². The van der Waals surface area contributed by atoms with E-state index in [0.29, 0.717) is 18.0 Å². The van der Waals surface area contributed by atoms with Crippen LogP contribution in [0.3, 0.4) is 0 Å². The smallest absolute Gasteiger partial charge is 0.183 e. The van der Waals surface area contributed by atoms with Gasteiger partial charge >= 0.3 is 0 Å². The third-order valence-corrected chi connectivity index (χ3v) is 3.05. The molecule has 0 aliphatic carbocycles. The number of aliphatic hydroxyl groups is 1. The number of hydrogen-bond acceptors (Lipinski definition) is 5. The third kappa shape index (κ3) is 4.69. The number of pyridine rings is 1. The maximum absolute atomic E-state index is 8.99. The molecule has 5 nitrogen and oxygen atoms in total. The number of methoxy groups -OCH3 is 2. The van der Waals surface area contributed by atoms with Gasteiger partial charge in [0.05, 0.1) is 19.9 Å². The molecule has 1 aromatic heterocycles. The summed E-state index contributed by atoms with van der Waals surface area (Å²) in [5, 5.41) is 12.3. The van der Waals surface area contributed by atoms with Gasteiger partial charge in [0.1, 0.15) is 0 Å². The predicted molar refractivity (Wildman–Crippen MR) is 74.5 cm³/mol. The van der Waals surface area contributed by atoms with E-state index in [1.807, 2.05) is 0 Å².